The molecule has 1 aliphatic rings. The standard InChI is InChI=1S/C37H43N2/c1-36(2,3)30-24-32(38(7)34(26-30)28-18-12-9-13-19-28)22-16-11-17-23-33-25-31(37(4,5)6)27-35(39(33)8)29-20-14-10-15-21-29/h9-27H,1-8H3/q+1. The SMILES string of the molecule is CN1C(c2ccccc2)=CC(C(C)(C)C)=C\C1=C/C=C/C=C/c1cc(C(C)(C)C)cc(-c2ccccc2)[n+]1C. The molecule has 2 nitrogen and oxygen atoms in total. The molecule has 0 N–H and O–H groups in total. The molecule has 0 saturated heterocycles. The van der Waals surface area contributed by atoms with Gasteiger partial charge in [-0.25, -0.2) is 0 Å². The first-order valence-electron chi connectivity index (χ1n) is 13.8. The molecular weight excluding hydrogens is 472 g/mol. The van der Waals surface area contributed by atoms with Crippen molar-refractivity contribution >= 4 is 11.8 Å². The summed E-state index contributed by atoms with van der Waals surface area (Å²) in [4.78, 5) is 2.28. The third-order valence-electron chi connectivity index (χ3n) is 7.32. The molecule has 0 amide bonds. The maximum absolute atomic E-state index is 2.32. The normalized spacial score (nSPS) is 15.8. The molecule has 4 rings (SSSR count). The Morgan fingerprint density at radius 1 is 0.692 bits per heavy atom. The highest BCUT2D eigenvalue weighted by Gasteiger charge is 2.24. The van der Waals surface area contributed by atoms with Crippen molar-refractivity contribution < 1.29 is 4.57 Å². The van der Waals surface area contributed by atoms with Crippen LogP contribution in [-0.4, -0.2) is 11.9 Å². The van der Waals surface area contributed by atoms with E-state index in [1.807, 2.05) is 0 Å². The summed E-state index contributed by atoms with van der Waals surface area (Å²) in [5.41, 5.74) is 10.0. The van der Waals surface area contributed by atoms with E-state index in [1.54, 1.807) is 0 Å². The highest BCUT2D eigenvalue weighted by Crippen LogP contribution is 2.36. The molecule has 1 aromatic heterocycles. The zero-order valence-corrected chi connectivity index (χ0v) is 24.9. The zero-order valence-electron chi connectivity index (χ0n) is 24.9. The largest absolute Gasteiger partial charge is 0.344 e. The van der Waals surface area contributed by atoms with Crippen LogP contribution in [0.4, 0.5) is 0 Å². The Bertz CT molecular complexity index is 1450. The predicted octanol–water partition coefficient (Wildman–Crippen LogP) is 8.89. The van der Waals surface area contributed by atoms with Gasteiger partial charge in [0.2, 0.25) is 11.4 Å². The van der Waals surface area contributed by atoms with Crippen molar-refractivity contribution in [1.82, 2.24) is 4.90 Å². The van der Waals surface area contributed by atoms with Gasteiger partial charge in [-0.15, -0.1) is 0 Å². The molecule has 0 fully saturated rings. The van der Waals surface area contributed by atoms with Crippen LogP contribution in [0.1, 0.15) is 58.4 Å². The minimum Gasteiger partial charge on any atom is -0.344 e. The quantitative estimate of drug-likeness (QED) is 0.243. The monoisotopic (exact) mass is 515 g/mol. The van der Waals surface area contributed by atoms with Gasteiger partial charge in [0.25, 0.3) is 0 Å². The smallest absolute Gasteiger partial charge is 0.213 e. The Morgan fingerprint density at radius 2 is 1.31 bits per heavy atom. The van der Waals surface area contributed by atoms with Crippen LogP contribution >= 0.6 is 0 Å². The molecule has 1 aliphatic heterocycles. The first kappa shape index (κ1) is 28.1. The molecule has 2 aromatic carbocycles. The molecular formula is C37H43N2+. The highest BCUT2D eigenvalue weighted by atomic mass is 15.1. The third kappa shape index (κ3) is 6.75. The lowest BCUT2D eigenvalue weighted by Gasteiger charge is -2.32. The van der Waals surface area contributed by atoms with Gasteiger partial charge in [0.1, 0.15) is 7.05 Å². The number of benzene rings is 2. The van der Waals surface area contributed by atoms with Crippen LogP contribution in [0.5, 0.6) is 0 Å². The van der Waals surface area contributed by atoms with E-state index in [-0.39, 0.29) is 10.8 Å². The second-order valence-electron chi connectivity index (χ2n) is 12.4. The lowest BCUT2D eigenvalue weighted by Crippen LogP contribution is -2.36. The first-order valence-corrected chi connectivity index (χ1v) is 13.8. The Labute approximate surface area is 236 Å². The Morgan fingerprint density at radius 3 is 1.90 bits per heavy atom. The molecule has 0 unspecified atom stereocenters. The molecule has 200 valence electrons. The van der Waals surface area contributed by atoms with E-state index in [9.17, 15) is 0 Å². The number of nitrogens with zero attached hydrogens (tertiary/aromatic N) is 2. The van der Waals surface area contributed by atoms with Crippen molar-refractivity contribution in [3.63, 3.8) is 0 Å². The fourth-order valence-electron chi connectivity index (χ4n) is 4.69. The summed E-state index contributed by atoms with van der Waals surface area (Å²) in [5, 5.41) is 0. The Balaban J connectivity index is 1.64. The second-order valence-corrected chi connectivity index (χ2v) is 12.4. The molecule has 0 bridgehead atoms. The second kappa shape index (κ2) is 11.5. The van der Waals surface area contributed by atoms with E-state index in [0.717, 1.165) is 0 Å². The van der Waals surface area contributed by atoms with E-state index in [0.29, 0.717) is 0 Å². The van der Waals surface area contributed by atoms with Crippen LogP contribution in [0.25, 0.3) is 23.0 Å². The van der Waals surface area contributed by atoms with Gasteiger partial charge in [0.15, 0.2) is 0 Å². The minimum atomic E-state index is 0.0628. The summed E-state index contributed by atoms with van der Waals surface area (Å²) in [6.07, 6.45) is 15.4. The summed E-state index contributed by atoms with van der Waals surface area (Å²) < 4.78 is 2.28. The lowest BCUT2D eigenvalue weighted by molar-refractivity contribution is -0.662. The van der Waals surface area contributed by atoms with Crippen molar-refractivity contribution in [3.05, 3.63) is 137 Å². The lowest BCUT2D eigenvalue weighted by atomic mass is 9.83. The van der Waals surface area contributed by atoms with Crippen LogP contribution in [0.2, 0.25) is 0 Å². The highest BCUT2D eigenvalue weighted by molar-refractivity contribution is 5.71. The number of hydrogen-bond acceptors (Lipinski definition) is 1. The number of pyridine rings is 1. The minimum absolute atomic E-state index is 0.0628. The summed E-state index contributed by atoms with van der Waals surface area (Å²) in [6, 6.07) is 25.9. The van der Waals surface area contributed by atoms with Crippen molar-refractivity contribution in [2.24, 2.45) is 12.5 Å². The summed E-state index contributed by atoms with van der Waals surface area (Å²) in [6.45, 7) is 13.6. The fraction of sp³-hybridized carbons (Fsp3) is 0.270. The maximum Gasteiger partial charge on any atom is 0.213 e. The van der Waals surface area contributed by atoms with Crippen molar-refractivity contribution in [3.8, 4) is 11.3 Å². The molecule has 0 spiro atoms. The van der Waals surface area contributed by atoms with Crippen LogP contribution < -0.4 is 4.57 Å². The average Bonchev–Trinajstić information content (AvgIpc) is 2.90. The summed E-state index contributed by atoms with van der Waals surface area (Å²) in [7, 11) is 4.29. The van der Waals surface area contributed by atoms with Gasteiger partial charge in [0.05, 0.1) is 0 Å². The van der Waals surface area contributed by atoms with E-state index in [4.69, 9.17) is 0 Å². The molecule has 2 heteroatoms. The Kier molecular flexibility index (Phi) is 8.25. The molecule has 0 saturated carbocycles. The van der Waals surface area contributed by atoms with Crippen LogP contribution in [-0.2, 0) is 12.5 Å². The summed E-state index contributed by atoms with van der Waals surface area (Å²) in [5.74, 6) is 0. The molecule has 0 radical (unpaired) electrons. The van der Waals surface area contributed by atoms with Gasteiger partial charge >= 0.3 is 0 Å². The van der Waals surface area contributed by atoms with Crippen LogP contribution in [0, 0.1) is 5.41 Å². The van der Waals surface area contributed by atoms with E-state index >= 15 is 0 Å². The molecule has 3 aromatic rings. The number of likely N-dealkylation sites (N-methyl/N-ethyl adjacent to an activating group) is 1. The number of hydrogen-bond donors (Lipinski definition) is 0. The predicted molar refractivity (Wildman–Crippen MR) is 168 cm³/mol. The van der Waals surface area contributed by atoms with E-state index in [1.165, 1.54) is 45.0 Å². The molecule has 2 heterocycles. The molecule has 39 heavy (non-hydrogen) atoms. The maximum atomic E-state index is 2.32. The van der Waals surface area contributed by atoms with Crippen LogP contribution in [0.3, 0.4) is 0 Å². The van der Waals surface area contributed by atoms with Gasteiger partial charge in [-0.3, -0.25) is 0 Å². The van der Waals surface area contributed by atoms with Gasteiger partial charge in [0, 0.05) is 42.2 Å². The fourth-order valence-corrected chi connectivity index (χ4v) is 4.69. The first-order chi connectivity index (χ1) is 18.4. The van der Waals surface area contributed by atoms with Gasteiger partial charge in [-0.2, -0.15) is 4.57 Å². The van der Waals surface area contributed by atoms with Crippen molar-refractivity contribution in [2.75, 3.05) is 7.05 Å². The van der Waals surface area contributed by atoms with Gasteiger partial charge in [-0.05, 0) is 57.9 Å². The summed E-state index contributed by atoms with van der Waals surface area (Å²) >= 11 is 0. The topological polar surface area (TPSA) is 7.12 Å². The molecule has 0 atom stereocenters. The van der Waals surface area contributed by atoms with Gasteiger partial charge in [-0.1, -0.05) is 108 Å². The van der Waals surface area contributed by atoms with Crippen molar-refractivity contribution in [1.29, 1.82) is 0 Å². The number of rotatable bonds is 5. The van der Waals surface area contributed by atoms with Crippen LogP contribution in [0.15, 0.2) is 121 Å². The number of aromatic nitrogens is 1. The van der Waals surface area contributed by atoms with E-state index in [2.05, 4.69) is 180 Å². The molecule has 0 aliphatic carbocycles. The van der Waals surface area contributed by atoms with E-state index < -0.39 is 0 Å². The number of allylic oxidation sites excluding steroid dienone is 7. The zero-order chi connectivity index (χ0) is 28.2. The van der Waals surface area contributed by atoms with Gasteiger partial charge < -0.3 is 4.90 Å². The Hall–Kier alpha value is -3.91. The average molecular weight is 516 g/mol. The van der Waals surface area contributed by atoms with Crippen molar-refractivity contribution in [2.45, 2.75) is 47.0 Å². The third-order valence-corrected chi connectivity index (χ3v) is 7.32.